The molecule has 1 aliphatic rings. The smallest absolute Gasteiger partial charge is 0.180 e. The molecule has 0 amide bonds. The molecule has 96 valence electrons. The van der Waals surface area contributed by atoms with Crippen molar-refractivity contribution in [2.24, 2.45) is 5.92 Å². The Kier molecular flexibility index (Phi) is 3.15. The van der Waals surface area contributed by atoms with Crippen molar-refractivity contribution in [3.8, 4) is 0 Å². The average molecular weight is 246 g/mol. The molecule has 1 fully saturated rings. The normalized spacial score (nSPS) is 20.2. The van der Waals surface area contributed by atoms with Crippen LogP contribution in [-0.4, -0.2) is 41.2 Å². The lowest BCUT2D eigenvalue weighted by Crippen LogP contribution is -2.31. The largest absolute Gasteiger partial charge is 0.381 e. The lowest BCUT2D eigenvalue weighted by molar-refractivity contribution is 0.0576. The Morgan fingerprint density at radius 1 is 1.39 bits per heavy atom. The molecular weight excluding hydrogens is 228 g/mol. The van der Waals surface area contributed by atoms with Crippen molar-refractivity contribution < 1.29 is 4.74 Å². The SMILES string of the molecule is CN(CC1CCCOC1)c1nccn2ccnc12. The van der Waals surface area contributed by atoms with Gasteiger partial charge in [-0.05, 0) is 18.8 Å². The van der Waals surface area contributed by atoms with Gasteiger partial charge in [-0.15, -0.1) is 0 Å². The quantitative estimate of drug-likeness (QED) is 0.825. The Labute approximate surface area is 106 Å². The molecule has 5 nitrogen and oxygen atoms in total. The predicted octanol–water partition coefficient (Wildman–Crippen LogP) is 1.59. The molecule has 3 heterocycles. The number of imidazole rings is 1. The Balaban J connectivity index is 1.78. The zero-order valence-corrected chi connectivity index (χ0v) is 10.6. The fourth-order valence-corrected chi connectivity index (χ4v) is 2.53. The minimum atomic E-state index is 0.598. The molecule has 0 aliphatic carbocycles. The van der Waals surface area contributed by atoms with Crippen LogP contribution in [0.5, 0.6) is 0 Å². The van der Waals surface area contributed by atoms with E-state index in [2.05, 4.69) is 21.9 Å². The first kappa shape index (κ1) is 11.5. The standard InChI is InChI=1S/C13H18N4O/c1-16(9-11-3-2-8-18-10-11)12-13-15-5-7-17(13)6-4-14-12/h4-7,11H,2-3,8-10H2,1H3. The van der Waals surface area contributed by atoms with Crippen LogP contribution in [0.3, 0.4) is 0 Å². The van der Waals surface area contributed by atoms with Crippen LogP contribution in [0, 0.1) is 5.92 Å². The maximum absolute atomic E-state index is 5.52. The van der Waals surface area contributed by atoms with Gasteiger partial charge in [-0.3, -0.25) is 0 Å². The molecule has 1 atom stereocenters. The molecule has 0 aromatic carbocycles. The molecule has 1 unspecified atom stereocenters. The van der Waals surface area contributed by atoms with Crippen molar-refractivity contribution in [1.82, 2.24) is 14.4 Å². The first-order valence-electron chi connectivity index (χ1n) is 6.41. The molecule has 0 bridgehead atoms. The zero-order chi connectivity index (χ0) is 12.4. The second-order valence-electron chi connectivity index (χ2n) is 4.87. The third kappa shape index (κ3) is 2.18. The van der Waals surface area contributed by atoms with E-state index >= 15 is 0 Å². The summed E-state index contributed by atoms with van der Waals surface area (Å²) in [6.07, 6.45) is 9.89. The maximum atomic E-state index is 5.52. The molecule has 2 aromatic rings. The summed E-state index contributed by atoms with van der Waals surface area (Å²) in [5.41, 5.74) is 0.914. The molecule has 1 saturated heterocycles. The van der Waals surface area contributed by atoms with E-state index in [4.69, 9.17) is 4.74 Å². The molecule has 3 rings (SSSR count). The zero-order valence-electron chi connectivity index (χ0n) is 10.6. The van der Waals surface area contributed by atoms with Crippen molar-refractivity contribution in [3.05, 3.63) is 24.8 Å². The lowest BCUT2D eigenvalue weighted by Gasteiger charge is -2.27. The van der Waals surface area contributed by atoms with Crippen LogP contribution < -0.4 is 4.90 Å². The Hall–Kier alpha value is -1.62. The highest BCUT2D eigenvalue weighted by molar-refractivity contribution is 5.63. The number of aromatic nitrogens is 3. The van der Waals surface area contributed by atoms with E-state index in [0.29, 0.717) is 5.92 Å². The Morgan fingerprint density at radius 2 is 2.22 bits per heavy atom. The van der Waals surface area contributed by atoms with Crippen LogP contribution in [0.25, 0.3) is 5.65 Å². The van der Waals surface area contributed by atoms with Gasteiger partial charge >= 0.3 is 0 Å². The average Bonchev–Trinajstić information content (AvgIpc) is 2.87. The lowest BCUT2D eigenvalue weighted by atomic mass is 10.0. The predicted molar refractivity (Wildman–Crippen MR) is 69.8 cm³/mol. The highest BCUT2D eigenvalue weighted by Crippen LogP contribution is 2.20. The molecule has 0 saturated carbocycles. The second kappa shape index (κ2) is 4.94. The molecule has 0 spiro atoms. The summed E-state index contributed by atoms with van der Waals surface area (Å²) in [6.45, 7) is 2.75. The van der Waals surface area contributed by atoms with Gasteiger partial charge in [0.05, 0.1) is 6.61 Å². The van der Waals surface area contributed by atoms with Crippen LogP contribution in [0.15, 0.2) is 24.8 Å². The third-order valence-corrected chi connectivity index (χ3v) is 3.44. The van der Waals surface area contributed by atoms with Crippen LogP contribution in [-0.2, 0) is 4.74 Å². The molecular formula is C13H18N4O. The van der Waals surface area contributed by atoms with Crippen molar-refractivity contribution in [2.45, 2.75) is 12.8 Å². The molecule has 18 heavy (non-hydrogen) atoms. The monoisotopic (exact) mass is 246 g/mol. The van der Waals surface area contributed by atoms with E-state index in [-0.39, 0.29) is 0 Å². The van der Waals surface area contributed by atoms with Crippen LogP contribution >= 0.6 is 0 Å². The Morgan fingerprint density at radius 3 is 3.00 bits per heavy atom. The van der Waals surface area contributed by atoms with E-state index in [1.165, 1.54) is 12.8 Å². The van der Waals surface area contributed by atoms with E-state index in [1.807, 2.05) is 23.0 Å². The van der Waals surface area contributed by atoms with Gasteiger partial charge in [-0.1, -0.05) is 0 Å². The first-order valence-corrected chi connectivity index (χ1v) is 6.41. The van der Waals surface area contributed by atoms with Crippen LogP contribution in [0.1, 0.15) is 12.8 Å². The van der Waals surface area contributed by atoms with Crippen molar-refractivity contribution in [2.75, 3.05) is 31.7 Å². The molecule has 0 N–H and O–H groups in total. The molecule has 1 aliphatic heterocycles. The van der Waals surface area contributed by atoms with Gasteiger partial charge in [0.15, 0.2) is 11.5 Å². The van der Waals surface area contributed by atoms with Gasteiger partial charge in [-0.25, -0.2) is 9.97 Å². The van der Waals surface area contributed by atoms with Crippen LogP contribution in [0.2, 0.25) is 0 Å². The van der Waals surface area contributed by atoms with E-state index in [9.17, 15) is 0 Å². The van der Waals surface area contributed by atoms with E-state index < -0.39 is 0 Å². The Bertz CT molecular complexity index is 518. The van der Waals surface area contributed by atoms with E-state index in [1.54, 1.807) is 6.20 Å². The highest BCUT2D eigenvalue weighted by atomic mass is 16.5. The van der Waals surface area contributed by atoms with Gasteiger partial charge in [-0.2, -0.15) is 0 Å². The summed E-state index contributed by atoms with van der Waals surface area (Å²) >= 11 is 0. The third-order valence-electron chi connectivity index (χ3n) is 3.44. The van der Waals surface area contributed by atoms with E-state index in [0.717, 1.165) is 31.2 Å². The van der Waals surface area contributed by atoms with Gasteiger partial charge in [0.25, 0.3) is 0 Å². The summed E-state index contributed by atoms with van der Waals surface area (Å²) in [7, 11) is 2.08. The topological polar surface area (TPSA) is 42.7 Å². The number of anilines is 1. The van der Waals surface area contributed by atoms with Crippen LogP contribution in [0.4, 0.5) is 5.82 Å². The van der Waals surface area contributed by atoms with Gasteiger partial charge < -0.3 is 14.0 Å². The van der Waals surface area contributed by atoms with Crippen molar-refractivity contribution in [1.29, 1.82) is 0 Å². The maximum Gasteiger partial charge on any atom is 0.180 e. The summed E-state index contributed by atoms with van der Waals surface area (Å²) in [5, 5.41) is 0. The second-order valence-corrected chi connectivity index (χ2v) is 4.87. The first-order chi connectivity index (χ1) is 8.84. The summed E-state index contributed by atoms with van der Waals surface area (Å²) in [5.74, 6) is 1.54. The number of hydrogen-bond acceptors (Lipinski definition) is 4. The number of nitrogens with zero attached hydrogens (tertiary/aromatic N) is 4. The summed E-state index contributed by atoms with van der Waals surface area (Å²) in [4.78, 5) is 11.0. The molecule has 2 aromatic heterocycles. The van der Waals surface area contributed by atoms with Gasteiger partial charge in [0.2, 0.25) is 0 Å². The van der Waals surface area contributed by atoms with Crippen molar-refractivity contribution in [3.63, 3.8) is 0 Å². The number of rotatable bonds is 3. The fraction of sp³-hybridized carbons (Fsp3) is 0.538. The highest BCUT2D eigenvalue weighted by Gasteiger charge is 2.18. The van der Waals surface area contributed by atoms with Gasteiger partial charge in [0.1, 0.15) is 0 Å². The fourth-order valence-electron chi connectivity index (χ4n) is 2.53. The van der Waals surface area contributed by atoms with Gasteiger partial charge in [0, 0.05) is 45.0 Å². The summed E-state index contributed by atoms with van der Waals surface area (Å²) < 4.78 is 7.52. The summed E-state index contributed by atoms with van der Waals surface area (Å²) in [6, 6.07) is 0. The minimum Gasteiger partial charge on any atom is -0.381 e. The number of fused-ring (bicyclic) bond motifs is 1. The molecule has 0 radical (unpaired) electrons. The minimum absolute atomic E-state index is 0.598. The number of hydrogen-bond donors (Lipinski definition) is 0. The number of ether oxygens (including phenoxy) is 1. The van der Waals surface area contributed by atoms with Crippen molar-refractivity contribution >= 4 is 11.5 Å². The molecule has 5 heteroatoms.